The van der Waals surface area contributed by atoms with Gasteiger partial charge in [-0.1, -0.05) is 12.1 Å². The standard InChI is InChI=1S/C11H10O3/c12-7-8-5-6-14-10-4-2-1-3-9(10)11(8)13/h1-4,7,12H,5-6H2/b8-7-. The van der Waals surface area contributed by atoms with Crippen LogP contribution in [0.1, 0.15) is 16.8 Å². The van der Waals surface area contributed by atoms with Crippen LogP contribution in [0.3, 0.4) is 0 Å². The van der Waals surface area contributed by atoms with E-state index < -0.39 is 0 Å². The van der Waals surface area contributed by atoms with E-state index in [4.69, 9.17) is 9.84 Å². The summed E-state index contributed by atoms with van der Waals surface area (Å²) >= 11 is 0. The number of ether oxygens (including phenoxy) is 1. The van der Waals surface area contributed by atoms with E-state index in [0.717, 1.165) is 6.26 Å². The third-order valence-electron chi connectivity index (χ3n) is 2.21. The molecule has 1 N–H and O–H groups in total. The summed E-state index contributed by atoms with van der Waals surface area (Å²) in [6, 6.07) is 7.06. The molecule has 0 saturated heterocycles. The molecule has 0 bridgehead atoms. The molecule has 0 radical (unpaired) electrons. The second-order valence-electron chi connectivity index (χ2n) is 3.08. The number of aliphatic hydroxyl groups excluding tert-OH is 1. The fourth-order valence-corrected chi connectivity index (χ4v) is 1.46. The number of hydrogen-bond acceptors (Lipinski definition) is 3. The Balaban J connectivity index is 2.50. The third kappa shape index (κ3) is 1.37. The zero-order valence-corrected chi connectivity index (χ0v) is 7.56. The molecule has 72 valence electrons. The molecule has 3 nitrogen and oxygen atoms in total. The predicted molar refractivity (Wildman–Crippen MR) is 51.6 cm³/mol. The molecule has 0 amide bonds. The molecular formula is C11H10O3. The van der Waals surface area contributed by atoms with Crippen LogP contribution in [-0.2, 0) is 0 Å². The lowest BCUT2D eigenvalue weighted by molar-refractivity contribution is 0.103. The molecule has 1 heterocycles. The zero-order valence-electron chi connectivity index (χ0n) is 7.56. The molecule has 1 aromatic rings. The van der Waals surface area contributed by atoms with E-state index in [-0.39, 0.29) is 5.78 Å². The SMILES string of the molecule is O=C1/C(=C\O)CCOc2ccccc21. The second kappa shape index (κ2) is 3.54. The Morgan fingerprint density at radius 1 is 1.36 bits per heavy atom. The third-order valence-corrected chi connectivity index (χ3v) is 2.21. The smallest absolute Gasteiger partial charge is 0.195 e. The lowest BCUT2D eigenvalue weighted by Crippen LogP contribution is -2.01. The Morgan fingerprint density at radius 2 is 2.14 bits per heavy atom. The van der Waals surface area contributed by atoms with Crippen LogP contribution >= 0.6 is 0 Å². The Morgan fingerprint density at radius 3 is 2.93 bits per heavy atom. The van der Waals surface area contributed by atoms with Crippen molar-refractivity contribution in [3.05, 3.63) is 41.7 Å². The topological polar surface area (TPSA) is 46.5 Å². The van der Waals surface area contributed by atoms with E-state index in [2.05, 4.69) is 0 Å². The van der Waals surface area contributed by atoms with E-state index in [1.54, 1.807) is 18.2 Å². The molecule has 1 aliphatic heterocycles. The number of hydrogen-bond donors (Lipinski definition) is 1. The van der Waals surface area contributed by atoms with Gasteiger partial charge in [-0.2, -0.15) is 0 Å². The number of fused-ring (bicyclic) bond motifs is 1. The molecule has 0 aliphatic carbocycles. The average Bonchev–Trinajstić information content (AvgIpc) is 2.39. The number of para-hydroxylation sites is 1. The molecule has 0 unspecified atom stereocenters. The molecule has 0 spiro atoms. The highest BCUT2D eigenvalue weighted by Crippen LogP contribution is 2.25. The number of ketones is 1. The highest BCUT2D eigenvalue weighted by atomic mass is 16.5. The van der Waals surface area contributed by atoms with Gasteiger partial charge in [0.1, 0.15) is 5.75 Å². The molecule has 3 heteroatoms. The Hall–Kier alpha value is -1.77. The summed E-state index contributed by atoms with van der Waals surface area (Å²) < 4.78 is 5.38. The van der Waals surface area contributed by atoms with E-state index in [1.807, 2.05) is 6.07 Å². The van der Waals surface area contributed by atoms with Crippen molar-refractivity contribution in [3.63, 3.8) is 0 Å². The number of aliphatic hydroxyl groups is 1. The van der Waals surface area contributed by atoms with Crippen molar-refractivity contribution in [2.45, 2.75) is 6.42 Å². The summed E-state index contributed by atoms with van der Waals surface area (Å²) in [4.78, 5) is 11.8. The van der Waals surface area contributed by atoms with E-state index >= 15 is 0 Å². The minimum atomic E-state index is -0.152. The summed E-state index contributed by atoms with van der Waals surface area (Å²) in [5, 5.41) is 8.87. The van der Waals surface area contributed by atoms with Gasteiger partial charge in [0.25, 0.3) is 0 Å². The lowest BCUT2D eigenvalue weighted by atomic mass is 10.0. The van der Waals surface area contributed by atoms with E-state index in [0.29, 0.717) is 29.9 Å². The molecule has 1 aromatic carbocycles. The molecule has 14 heavy (non-hydrogen) atoms. The number of Topliss-reactive ketones (excluding diaryl/α,β-unsaturated/α-hetero) is 1. The lowest BCUT2D eigenvalue weighted by Gasteiger charge is -2.03. The highest BCUT2D eigenvalue weighted by molar-refractivity contribution is 6.10. The molecule has 0 atom stereocenters. The van der Waals surface area contributed by atoms with Crippen molar-refractivity contribution in [1.29, 1.82) is 0 Å². The molecule has 2 rings (SSSR count). The van der Waals surface area contributed by atoms with Crippen LogP contribution in [0.25, 0.3) is 0 Å². The van der Waals surface area contributed by atoms with Crippen LogP contribution in [0, 0.1) is 0 Å². The van der Waals surface area contributed by atoms with Crippen LogP contribution in [0.15, 0.2) is 36.1 Å². The van der Waals surface area contributed by atoms with Gasteiger partial charge < -0.3 is 9.84 Å². The van der Waals surface area contributed by atoms with Crippen LogP contribution in [0.2, 0.25) is 0 Å². The molecule has 1 aliphatic rings. The van der Waals surface area contributed by atoms with Gasteiger partial charge in [0.2, 0.25) is 0 Å². The molecule has 0 fully saturated rings. The quantitative estimate of drug-likeness (QED) is 0.503. The van der Waals surface area contributed by atoms with Crippen molar-refractivity contribution in [2.24, 2.45) is 0 Å². The fraction of sp³-hybridized carbons (Fsp3) is 0.182. The predicted octanol–water partition coefficient (Wildman–Crippen LogP) is 2.09. The van der Waals surface area contributed by atoms with Gasteiger partial charge in [-0.05, 0) is 12.1 Å². The van der Waals surface area contributed by atoms with Crippen molar-refractivity contribution >= 4 is 5.78 Å². The van der Waals surface area contributed by atoms with Crippen molar-refractivity contribution in [2.75, 3.05) is 6.61 Å². The van der Waals surface area contributed by atoms with E-state index in [9.17, 15) is 4.79 Å². The first-order valence-electron chi connectivity index (χ1n) is 4.42. The largest absolute Gasteiger partial charge is 0.515 e. The summed E-state index contributed by atoms with van der Waals surface area (Å²) in [7, 11) is 0. The van der Waals surface area contributed by atoms with E-state index in [1.165, 1.54) is 0 Å². The first kappa shape index (κ1) is 8.81. The monoisotopic (exact) mass is 190 g/mol. The van der Waals surface area contributed by atoms with Crippen LogP contribution < -0.4 is 4.74 Å². The first-order chi connectivity index (χ1) is 6.83. The van der Waals surface area contributed by atoms with Crippen LogP contribution in [0.4, 0.5) is 0 Å². The summed E-state index contributed by atoms with van der Waals surface area (Å²) in [5.74, 6) is 0.440. The Kier molecular flexibility index (Phi) is 2.23. The number of benzene rings is 1. The maximum Gasteiger partial charge on any atom is 0.195 e. The normalized spacial score (nSPS) is 18.6. The van der Waals surface area contributed by atoms with Crippen molar-refractivity contribution < 1.29 is 14.6 Å². The maximum absolute atomic E-state index is 11.8. The van der Waals surface area contributed by atoms with Crippen molar-refractivity contribution in [1.82, 2.24) is 0 Å². The van der Waals surface area contributed by atoms with Crippen LogP contribution in [-0.4, -0.2) is 17.5 Å². The minimum absolute atomic E-state index is 0.152. The van der Waals surface area contributed by atoms with Gasteiger partial charge in [0.05, 0.1) is 18.4 Å². The molecular weight excluding hydrogens is 180 g/mol. The van der Waals surface area contributed by atoms with Gasteiger partial charge >= 0.3 is 0 Å². The fourth-order valence-electron chi connectivity index (χ4n) is 1.46. The van der Waals surface area contributed by atoms with Crippen LogP contribution in [0.5, 0.6) is 5.75 Å². The second-order valence-corrected chi connectivity index (χ2v) is 3.08. The highest BCUT2D eigenvalue weighted by Gasteiger charge is 2.20. The average molecular weight is 190 g/mol. The minimum Gasteiger partial charge on any atom is -0.515 e. The van der Waals surface area contributed by atoms with Gasteiger partial charge in [-0.15, -0.1) is 0 Å². The Labute approximate surface area is 81.6 Å². The molecule has 0 saturated carbocycles. The summed E-state index contributed by atoms with van der Waals surface area (Å²) in [6.45, 7) is 0.426. The van der Waals surface area contributed by atoms with Gasteiger partial charge in [-0.3, -0.25) is 4.79 Å². The number of carbonyl (C=O) groups is 1. The Bertz CT molecular complexity index is 393. The van der Waals surface area contributed by atoms with Gasteiger partial charge in [-0.25, -0.2) is 0 Å². The van der Waals surface area contributed by atoms with Gasteiger partial charge in [0.15, 0.2) is 5.78 Å². The number of rotatable bonds is 0. The summed E-state index contributed by atoms with van der Waals surface area (Å²) in [5.41, 5.74) is 0.917. The zero-order chi connectivity index (χ0) is 9.97. The first-order valence-corrected chi connectivity index (χ1v) is 4.42. The number of carbonyl (C=O) groups excluding carboxylic acids is 1. The maximum atomic E-state index is 11.8. The van der Waals surface area contributed by atoms with Gasteiger partial charge in [0, 0.05) is 12.0 Å². The summed E-state index contributed by atoms with van der Waals surface area (Å²) in [6.07, 6.45) is 1.32. The molecule has 0 aromatic heterocycles. The van der Waals surface area contributed by atoms with Crippen molar-refractivity contribution in [3.8, 4) is 5.75 Å².